The molecule has 0 bridgehead atoms. The van der Waals surface area contributed by atoms with Gasteiger partial charge in [-0.25, -0.2) is 8.42 Å². The Morgan fingerprint density at radius 2 is 1.71 bits per heavy atom. The standard InChI is InChI=1S/C19H29N5O5S2/c25-17(23-4-1-2-5-23)12-22-6-8-24(9-7-22)18(26)13-30-19-21-20-16(29-19)11-15-3-10-31(27,28)14-15/h15H,1-14H2. The van der Waals surface area contributed by atoms with Crippen LogP contribution in [0.3, 0.4) is 0 Å². The largest absolute Gasteiger partial charge is 0.416 e. The second-order valence-corrected chi connectivity index (χ2v) is 11.6. The molecule has 3 aliphatic heterocycles. The fourth-order valence-corrected chi connectivity index (χ4v) is 6.83. The quantitative estimate of drug-likeness (QED) is 0.503. The third kappa shape index (κ3) is 6.19. The molecular weight excluding hydrogens is 442 g/mol. The minimum atomic E-state index is -2.93. The highest BCUT2D eigenvalue weighted by Crippen LogP contribution is 2.24. The lowest BCUT2D eigenvalue weighted by Crippen LogP contribution is -2.51. The normalized spacial score (nSPS) is 24.1. The summed E-state index contributed by atoms with van der Waals surface area (Å²) < 4.78 is 28.7. The summed E-state index contributed by atoms with van der Waals surface area (Å²) in [5, 5.41) is 8.29. The van der Waals surface area contributed by atoms with Gasteiger partial charge >= 0.3 is 0 Å². The van der Waals surface area contributed by atoms with Gasteiger partial charge in [-0.3, -0.25) is 14.5 Å². The van der Waals surface area contributed by atoms with Gasteiger partial charge in [0.1, 0.15) is 0 Å². The lowest BCUT2D eigenvalue weighted by molar-refractivity contribution is -0.133. The summed E-state index contributed by atoms with van der Waals surface area (Å²) in [6.07, 6.45) is 3.27. The van der Waals surface area contributed by atoms with Crippen LogP contribution >= 0.6 is 11.8 Å². The topological polar surface area (TPSA) is 117 Å². The van der Waals surface area contributed by atoms with Crippen molar-refractivity contribution in [1.82, 2.24) is 24.9 Å². The summed E-state index contributed by atoms with van der Waals surface area (Å²) >= 11 is 1.20. The Labute approximate surface area is 186 Å². The molecule has 1 aromatic heterocycles. The molecule has 3 fully saturated rings. The van der Waals surface area contributed by atoms with E-state index >= 15 is 0 Å². The summed E-state index contributed by atoms with van der Waals surface area (Å²) in [5.41, 5.74) is 0. The van der Waals surface area contributed by atoms with Crippen LogP contribution in [0.25, 0.3) is 0 Å². The van der Waals surface area contributed by atoms with Gasteiger partial charge in [0.05, 0.1) is 23.8 Å². The molecule has 0 aromatic carbocycles. The summed E-state index contributed by atoms with van der Waals surface area (Å²) in [4.78, 5) is 30.7. The van der Waals surface area contributed by atoms with Gasteiger partial charge < -0.3 is 14.2 Å². The Bertz CT molecular complexity index is 891. The summed E-state index contributed by atoms with van der Waals surface area (Å²) in [6, 6.07) is 0. The van der Waals surface area contributed by atoms with Crippen molar-refractivity contribution in [2.75, 3.05) is 63.1 Å². The Hall–Kier alpha value is -1.66. The molecule has 1 aromatic rings. The number of aromatic nitrogens is 2. The molecular formula is C19H29N5O5S2. The molecule has 3 aliphatic rings. The van der Waals surface area contributed by atoms with E-state index in [1.807, 2.05) is 9.80 Å². The van der Waals surface area contributed by atoms with E-state index in [-0.39, 0.29) is 35.0 Å². The van der Waals surface area contributed by atoms with Gasteiger partial charge in [-0.15, -0.1) is 10.2 Å². The highest BCUT2D eigenvalue weighted by atomic mass is 32.2. The zero-order chi connectivity index (χ0) is 21.8. The lowest BCUT2D eigenvalue weighted by Gasteiger charge is -2.34. The van der Waals surface area contributed by atoms with E-state index in [1.165, 1.54) is 11.8 Å². The summed E-state index contributed by atoms with van der Waals surface area (Å²) in [5.74, 6) is 1.26. The minimum Gasteiger partial charge on any atom is -0.416 e. The highest BCUT2D eigenvalue weighted by molar-refractivity contribution is 7.99. The van der Waals surface area contributed by atoms with Crippen LogP contribution < -0.4 is 0 Å². The van der Waals surface area contributed by atoms with Crippen LogP contribution in [0.15, 0.2) is 9.64 Å². The van der Waals surface area contributed by atoms with Crippen molar-refractivity contribution < 1.29 is 22.4 Å². The van der Waals surface area contributed by atoms with Crippen LogP contribution in [0.5, 0.6) is 0 Å². The number of sulfone groups is 1. The maximum absolute atomic E-state index is 12.5. The van der Waals surface area contributed by atoms with Gasteiger partial charge in [0.2, 0.25) is 17.7 Å². The van der Waals surface area contributed by atoms with Crippen LogP contribution in [-0.4, -0.2) is 108 Å². The van der Waals surface area contributed by atoms with E-state index in [2.05, 4.69) is 15.1 Å². The van der Waals surface area contributed by atoms with E-state index in [4.69, 9.17) is 4.42 Å². The molecule has 1 unspecified atom stereocenters. The van der Waals surface area contributed by atoms with Crippen molar-refractivity contribution >= 4 is 33.4 Å². The van der Waals surface area contributed by atoms with Gasteiger partial charge in [-0.1, -0.05) is 11.8 Å². The van der Waals surface area contributed by atoms with Crippen LogP contribution in [0.2, 0.25) is 0 Å². The molecule has 0 saturated carbocycles. The predicted octanol–water partition coefficient (Wildman–Crippen LogP) is -0.0945. The molecule has 10 nitrogen and oxygen atoms in total. The first-order valence-electron chi connectivity index (χ1n) is 10.8. The maximum Gasteiger partial charge on any atom is 0.277 e. The van der Waals surface area contributed by atoms with Gasteiger partial charge in [-0.2, -0.15) is 0 Å². The first-order chi connectivity index (χ1) is 14.9. The fourth-order valence-electron chi connectivity index (χ4n) is 4.29. The van der Waals surface area contributed by atoms with Gasteiger partial charge in [-0.05, 0) is 25.2 Å². The average molecular weight is 472 g/mol. The van der Waals surface area contributed by atoms with E-state index in [9.17, 15) is 18.0 Å². The van der Waals surface area contributed by atoms with E-state index in [0.29, 0.717) is 56.7 Å². The predicted molar refractivity (Wildman–Crippen MR) is 114 cm³/mol. The van der Waals surface area contributed by atoms with Gasteiger partial charge in [0.25, 0.3) is 5.22 Å². The minimum absolute atomic E-state index is 0.0113. The zero-order valence-electron chi connectivity index (χ0n) is 17.6. The smallest absolute Gasteiger partial charge is 0.277 e. The molecule has 31 heavy (non-hydrogen) atoms. The number of hydrogen-bond donors (Lipinski definition) is 0. The van der Waals surface area contributed by atoms with Crippen molar-refractivity contribution in [1.29, 1.82) is 0 Å². The summed E-state index contributed by atoms with van der Waals surface area (Å²) in [6.45, 7) is 4.78. The molecule has 172 valence electrons. The van der Waals surface area contributed by atoms with Crippen molar-refractivity contribution in [3.8, 4) is 0 Å². The van der Waals surface area contributed by atoms with Gasteiger partial charge in [0, 0.05) is 45.7 Å². The first kappa shape index (κ1) is 22.5. The van der Waals surface area contributed by atoms with Crippen LogP contribution in [0.4, 0.5) is 0 Å². The van der Waals surface area contributed by atoms with E-state index in [1.54, 1.807) is 0 Å². The van der Waals surface area contributed by atoms with Crippen LogP contribution in [-0.2, 0) is 25.8 Å². The third-order valence-electron chi connectivity index (χ3n) is 6.10. The Morgan fingerprint density at radius 1 is 1.00 bits per heavy atom. The average Bonchev–Trinajstić information content (AvgIpc) is 3.49. The maximum atomic E-state index is 12.5. The van der Waals surface area contributed by atoms with Crippen LogP contribution in [0, 0.1) is 5.92 Å². The SMILES string of the molecule is O=C(CSc1nnc(CC2CCS(=O)(=O)C2)o1)N1CCN(CC(=O)N2CCCC2)CC1. The number of likely N-dealkylation sites (tertiary alicyclic amines) is 1. The number of thioether (sulfide) groups is 1. The number of nitrogens with zero attached hydrogens (tertiary/aromatic N) is 5. The number of piperazine rings is 1. The number of rotatable bonds is 7. The number of carbonyl (C=O) groups excluding carboxylic acids is 2. The monoisotopic (exact) mass is 471 g/mol. The third-order valence-corrected chi connectivity index (χ3v) is 8.74. The molecule has 12 heteroatoms. The molecule has 1 atom stereocenters. The molecule has 0 radical (unpaired) electrons. The van der Waals surface area contributed by atoms with Crippen molar-refractivity contribution in [2.45, 2.75) is 30.9 Å². The lowest BCUT2D eigenvalue weighted by atomic mass is 10.1. The number of hydrogen-bond acceptors (Lipinski definition) is 9. The van der Waals surface area contributed by atoms with E-state index in [0.717, 1.165) is 25.9 Å². The molecule has 2 amide bonds. The Kier molecular flexibility index (Phi) is 7.17. The van der Waals surface area contributed by atoms with Crippen molar-refractivity contribution in [2.24, 2.45) is 5.92 Å². The first-order valence-corrected chi connectivity index (χ1v) is 13.6. The highest BCUT2D eigenvalue weighted by Gasteiger charge is 2.30. The zero-order valence-corrected chi connectivity index (χ0v) is 19.2. The van der Waals surface area contributed by atoms with E-state index < -0.39 is 9.84 Å². The number of amides is 2. The Morgan fingerprint density at radius 3 is 2.39 bits per heavy atom. The van der Waals surface area contributed by atoms with Crippen molar-refractivity contribution in [3.05, 3.63) is 5.89 Å². The number of carbonyl (C=O) groups is 2. The Balaban J connectivity index is 1.16. The fraction of sp³-hybridized carbons (Fsp3) is 0.789. The molecule has 4 rings (SSSR count). The molecule has 4 heterocycles. The summed E-state index contributed by atoms with van der Waals surface area (Å²) in [7, 11) is -2.93. The molecule has 3 saturated heterocycles. The van der Waals surface area contributed by atoms with Crippen molar-refractivity contribution in [3.63, 3.8) is 0 Å². The molecule has 0 aliphatic carbocycles. The van der Waals surface area contributed by atoms with Crippen LogP contribution in [0.1, 0.15) is 25.2 Å². The second kappa shape index (κ2) is 9.86. The second-order valence-electron chi connectivity index (χ2n) is 8.47. The molecule has 0 N–H and O–H groups in total. The molecule has 0 spiro atoms. The van der Waals surface area contributed by atoms with Gasteiger partial charge in [0.15, 0.2) is 9.84 Å².